The minimum absolute atomic E-state index is 0.0924. The Labute approximate surface area is 177 Å². The molecule has 0 saturated heterocycles. The van der Waals surface area contributed by atoms with Crippen LogP contribution in [0.1, 0.15) is 27.2 Å². The highest BCUT2D eigenvalue weighted by molar-refractivity contribution is 6.30. The molecule has 0 bridgehead atoms. The average molecular weight is 422 g/mol. The van der Waals surface area contributed by atoms with Gasteiger partial charge in [0.2, 0.25) is 0 Å². The van der Waals surface area contributed by atoms with Gasteiger partial charge in [-0.15, -0.1) is 0 Å². The zero-order valence-corrected chi connectivity index (χ0v) is 16.8. The number of hydrogen-bond donors (Lipinski definition) is 1. The van der Waals surface area contributed by atoms with Crippen LogP contribution in [-0.4, -0.2) is 29.0 Å². The molecule has 1 amide bonds. The lowest BCUT2D eigenvalue weighted by Gasteiger charge is -2.11. The summed E-state index contributed by atoms with van der Waals surface area (Å²) in [6.45, 7) is 1.49. The van der Waals surface area contributed by atoms with Gasteiger partial charge in [-0.1, -0.05) is 23.7 Å². The summed E-state index contributed by atoms with van der Waals surface area (Å²) in [7, 11) is 1.52. The summed E-state index contributed by atoms with van der Waals surface area (Å²) in [4.78, 5) is 25.3. The van der Waals surface area contributed by atoms with Crippen LogP contribution in [0.25, 0.3) is 5.69 Å². The summed E-state index contributed by atoms with van der Waals surface area (Å²) < 4.78 is 6.10. The Morgan fingerprint density at radius 1 is 1.30 bits per heavy atom. The fraction of sp³-hybridized carbons (Fsp3) is 0.0952. The first-order valence-electron chi connectivity index (χ1n) is 8.72. The van der Waals surface area contributed by atoms with Crippen molar-refractivity contribution >= 4 is 23.7 Å². The topological polar surface area (TPSA) is 109 Å². The van der Waals surface area contributed by atoms with Gasteiger partial charge in [-0.25, -0.2) is 5.43 Å². The van der Waals surface area contributed by atoms with Crippen LogP contribution in [0.4, 0.5) is 0 Å². The molecule has 9 heteroatoms. The maximum absolute atomic E-state index is 12.7. The molecule has 2 aromatic carbocycles. The van der Waals surface area contributed by atoms with Gasteiger partial charge in [-0.2, -0.15) is 20.1 Å². The normalized spacial score (nSPS) is 10.6. The molecule has 0 aliphatic rings. The van der Waals surface area contributed by atoms with Crippen molar-refractivity contribution in [3.05, 3.63) is 86.3 Å². The molecule has 1 aromatic heterocycles. The number of rotatable bonds is 5. The van der Waals surface area contributed by atoms with Crippen molar-refractivity contribution < 1.29 is 9.53 Å². The molecule has 0 fully saturated rings. The lowest BCUT2D eigenvalue weighted by atomic mass is 10.1. The lowest BCUT2D eigenvalue weighted by Crippen LogP contribution is -2.31. The number of amides is 1. The summed E-state index contributed by atoms with van der Waals surface area (Å²) >= 11 is 5.92. The zero-order valence-electron chi connectivity index (χ0n) is 16.1. The fourth-order valence-corrected chi connectivity index (χ4v) is 2.85. The molecule has 3 rings (SSSR count). The number of nitrogens with zero attached hydrogens (tertiary/aromatic N) is 4. The zero-order chi connectivity index (χ0) is 21.7. The molecule has 30 heavy (non-hydrogen) atoms. The quantitative estimate of drug-likeness (QED) is 0.503. The molecule has 3 aromatic rings. The second-order valence-corrected chi connectivity index (χ2v) is 6.57. The summed E-state index contributed by atoms with van der Waals surface area (Å²) in [5.41, 5.74) is 2.70. The van der Waals surface area contributed by atoms with Crippen molar-refractivity contribution in [2.45, 2.75) is 6.92 Å². The van der Waals surface area contributed by atoms with Crippen molar-refractivity contribution in [2.24, 2.45) is 5.10 Å². The van der Waals surface area contributed by atoms with E-state index in [9.17, 15) is 14.9 Å². The first kappa shape index (κ1) is 20.8. The number of hydrazone groups is 1. The maximum Gasteiger partial charge on any atom is 0.292 e. The highest BCUT2D eigenvalue weighted by Gasteiger charge is 2.20. The van der Waals surface area contributed by atoms with E-state index in [-0.39, 0.29) is 16.8 Å². The summed E-state index contributed by atoms with van der Waals surface area (Å²) in [5, 5.41) is 18.0. The second-order valence-electron chi connectivity index (χ2n) is 6.13. The number of methoxy groups -OCH3 is 1. The summed E-state index contributed by atoms with van der Waals surface area (Å²) in [6, 6.07) is 15.3. The van der Waals surface area contributed by atoms with Gasteiger partial charge in [0.05, 0.1) is 19.0 Å². The third kappa shape index (κ3) is 4.37. The lowest BCUT2D eigenvalue weighted by molar-refractivity contribution is 0.0947. The molecule has 8 nitrogen and oxygen atoms in total. The monoisotopic (exact) mass is 421 g/mol. The molecular formula is C21H16ClN5O3. The predicted molar refractivity (Wildman–Crippen MR) is 112 cm³/mol. The fourth-order valence-electron chi connectivity index (χ4n) is 2.66. The Morgan fingerprint density at radius 2 is 2.03 bits per heavy atom. The Morgan fingerprint density at radius 3 is 2.67 bits per heavy atom. The molecule has 0 atom stereocenters. The van der Waals surface area contributed by atoms with E-state index in [2.05, 4.69) is 15.6 Å². The van der Waals surface area contributed by atoms with Gasteiger partial charge < -0.3 is 4.74 Å². The van der Waals surface area contributed by atoms with Crippen LogP contribution in [0, 0.1) is 18.3 Å². The molecule has 150 valence electrons. The molecule has 0 spiro atoms. The molecule has 1 N–H and O–H groups in total. The second kappa shape index (κ2) is 9.03. The Bertz CT molecular complexity index is 1230. The van der Waals surface area contributed by atoms with Crippen molar-refractivity contribution in [2.75, 3.05) is 7.11 Å². The van der Waals surface area contributed by atoms with Crippen molar-refractivity contribution in [3.63, 3.8) is 0 Å². The van der Waals surface area contributed by atoms with Crippen molar-refractivity contribution in [3.8, 4) is 17.5 Å². The number of ether oxygens (including phenoxy) is 1. The van der Waals surface area contributed by atoms with E-state index < -0.39 is 11.5 Å². The third-order valence-electron chi connectivity index (χ3n) is 4.21. The van der Waals surface area contributed by atoms with Gasteiger partial charge in [0, 0.05) is 10.6 Å². The number of hydrogen-bond acceptors (Lipinski definition) is 6. The van der Waals surface area contributed by atoms with E-state index >= 15 is 0 Å². The number of nitriles is 1. The number of aromatic nitrogens is 2. The van der Waals surface area contributed by atoms with Crippen LogP contribution in [0.15, 0.2) is 58.4 Å². The SMILES string of the molecule is COc1ccc(-n2nc(C(=O)N/N=C/c3cccc(Cl)c3)c(C)c(C#N)c2=O)cc1. The molecule has 0 radical (unpaired) electrons. The van der Waals surface area contributed by atoms with Gasteiger partial charge in [-0.3, -0.25) is 9.59 Å². The van der Waals surface area contributed by atoms with E-state index in [0.29, 0.717) is 22.0 Å². The van der Waals surface area contributed by atoms with Crippen LogP contribution < -0.4 is 15.7 Å². The van der Waals surface area contributed by atoms with E-state index in [1.807, 2.05) is 6.07 Å². The van der Waals surface area contributed by atoms with Crippen LogP contribution in [0.3, 0.4) is 0 Å². The van der Waals surface area contributed by atoms with Gasteiger partial charge in [0.25, 0.3) is 11.5 Å². The van der Waals surface area contributed by atoms with Crippen molar-refractivity contribution in [1.29, 1.82) is 5.26 Å². The minimum atomic E-state index is -0.662. The summed E-state index contributed by atoms with van der Waals surface area (Å²) in [5.74, 6) is -0.0720. The molecule has 0 unspecified atom stereocenters. The Balaban J connectivity index is 1.96. The standard InChI is InChI=1S/C21H16ClN5O3/c1-13-18(11-23)21(29)27(16-6-8-17(30-2)9-7-16)26-19(13)20(28)25-24-12-14-4-3-5-15(22)10-14/h3-10,12H,1-2H3,(H,25,28)/b24-12+. The predicted octanol–water partition coefficient (Wildman–Crippen LogP) is 2.84. The highest BCUT2D eigenvalue weighted by atomic mass is 35.5. The number of benzene rings is 2. The van der Waals surface area contributed by atoms with Gasteiger partial charge in [-0.05, 0) is 48.9 Å². The van der Waals surface area contributed by atoms with Crippen LogP contribution in [-0.2, 0) is 0 Å². The average Bonchev–Trinajstić information content (AvgIpc) is 2.74. The number of carbonyl (C=O) groups is 1. The number of carbonyl (C=O) groups excluding carboxylic acids is 1. The van der Waals surface area contributed by atoms with Crippen LogP contribution >= 0.6 is 11.6 Å². The molecular weight excluding hydrogens is 406 g/mol. The van der Waals surface area contributed by atoms with Crippen LogP contribution in [0.2, 0.25) is 5.02 Å². The Kier molecular flexibility index (Phi) is 6.25. The van der Waals surface area contributed by atoms with E-state index in [0.717, 1.165) is 4.68 Å². The Hall–Kier alpha value is -3.96. The largest absolute Gasteiger partial charge is 0.497 e. The summed E-state index contributed by atoms with van der Waals surface area (Å²) in [6.07, 6.45) is 1.42. The first-order chi connectivity index (χ1) is 14.4. The van der Waals surface area contributed by atoms with Crippen LogP contribution in [0.5, 0.6) is 5.75 Å². The van der Waals surface area contributed by atoms with Gasteiger partial charge >= 0.3 is 0 Å². The molecule has 0 aliphatic heterocycles. The third-order valence-corrected chi connectivity index (χ3v) is 4.44. The maximum atomic E-state index is 12.7. The molecule has 0 saturated carbocycles. The first-order valence-corrected chi connectivity index (χ1v) is 9.10. The van der Waals surface area contributed by atoms with E-state index in [1.54, 1.807) is 48.5 Å². The minimum Gasteiger partial charge on any atom is -0.497 e. The number of halogens is 1. The van der Waals surface area contributed by atoms with Gasteiger partial charge in [0.15, 0.2) is 5.69 Å². The van der Waals surface area contributed by atoms with E-state index in [4.69, 9.17) is 16.3 Å². The number of nitrogens with one attached hydrogen (secondary N) is 1. The van der Waals surface area contributed by atoms with E-state index in [1.165, 1.54) is 20.2 Å². The molecule has 0 aliphatic carbocycles. The van der Waals surface area contributed by atoms with Gasteiger partial charge in [0.1, 0.15) is 17.4 Å². The smallest absolute Gasteiger partial charge is 0.292 e. The molecule has 1 heterocycles. The highest BCUT2D eigenvalue weighted by Crippen LogP contribution is 2.15. The van der Waals surface area contributed by atoms with Crippen molar-refractivity contribution in [1.82, 2.24) is 15.2 Å².